The minimum atomic E-state index is 0.162. The molecule has 130 valence electrons. The average molecular weight is 313 g/mol. The van der Waals surface area contributed by atoms with Crippen LogP contribution in [0.1, 0.15) is 47.5 Å². The van der Waals surface area contributed by atoms with E-state index in [1.165, 1.54) is 6.42 Å². The Hall–Kier alpha value is -0.810. The molecule has 1 fully saturated rings. The van der Waals surface area contributed by atoms with Crippen LogP contribution >= 0.6 is 0 Å². The summed E-state index contributed by atoms with van der Waals surface area (Å²) in [5.41, 5.74) is 0.162. The van der Waals surface area contributed by atoms with Gasteiger partial charge in [0.25, 0.3) is 0 Å². The van der Waals surface area contributed by atoms with Crippen molar-refractivity contribution in [3.05, 3.63) is 0 Å². The summed E-state index contributed by atoms with van der Waals surface area (Å²) in [6.45, 7) is 14.1. The molecule has 0 aliphatic carbocycles. The van der Waals surface area contributed by atoms with Gasteiger partial charge in [-0.25, -0.2) is 0 Å². The van der Waals surface area contributed by atoms with E-state index in [0.717, 1.165) is 32.1 Å². The second-order valence-corrected chi connectivity index (χ2v) is 7.28. The number of nitrogens with one attached hydrogen (secondary N) is 2. The highest BCUT2D eigenvalue weighted by Crippen LogP contribution is 2.34. The molecule has 1 rings (SSSR count). The molecule has 5 nitrogen and oxygen atoms in total. The molecule has 0 saturated carbocycles. The molecular weight excluding hydrogens is 278 g/mol. The zero-order valence-electron chi connectivity index (χ0n) is 15.2. The van der Waals surface area contributed by atoms with Crippen molar-refractivity contribution >= 4 is 5.96 Å². The molecule has 0 amide bonds. The Bertz CT molecular complexity index is 339. The summed E-state index contributed by atoms with van der Waals surface area (Å²) >= 11 is 0. The molecule has 0 spiro atoms. The number of ether oxygens (including phenoxy) is 2. The lowest BCUT2D eigenvalue weighted by molar-refractivity contribution is -0.0823. The molecule has 2 N–H and O–H groups in total. The zero-order chi connectivity index (χ0) is 16.6. The summed E-state index contributed by atoms with van der Waals surface area (Å²) in [5.74, 6) is 1.35. The van der Waals surface area contributed by atoms with E-state index >= 15 is 0 Å². The van der Waals surface area contributed by atoms with E-state index in [1.807, 2.05) is 0 Å². The van der Waals surface area contributed by atoms with Gasteiger partial charge >= 0.3 is 0 Å². The summed E-state index contributed by atoms with van der Waals surface area (Å²) in [5, 5.41) is 6.69. The minimum Gasteiger partial charge on any atom is -0.383 e. The Morgan fingerprint density at radius 3 is 2.73 bits per heavy atom. The molecule has 1 saturated heterocycles. The van der Waals surface area contributed by atoms with Crippen LogP contribution in [0, 0.1) is 11.3 Å². The van der Waals surface area contributed by atoms with Gasteiger partial charge in [0, 0.05) is 38.8 Å². The van der Waals surface area contributed by atoms with E-state index < -0.39 is 0 Å². The van der Waals surface area contributed by atoms with Crippen molar-refractivity contribution in [3.63, 3.8) is 0 Å². The Labute approximate surface area is 136 Å². The van der Waals surface area contributed by atoms with Gasteiger partial charge in [-0.15, -0.1) is 0 Å². The third kappa shape index (κ3) is 6.53. The highest BCUT2D eigenvalue weighted by atomic mass is 16.5. The van der Waals surface area contributed by atoms with Gasteiger partial charge in [0.05, 0.1) is 12.7 Å². The summed E-state index contributed by atoms with van der Waals surface area (Å²) in [7, 11) is 1.72. The smallest absolute Gasteiger partial charge is 0.191 e. The summed E-state index contributed by atoms with van der Waals surface area (Å²) < 4.78 is 11.2. The van der Waals surface area contributed by atoms with Gasteiger partial charge in [-0.3, -0.25) is 4.99 Å². The maximum absolute atomic E-state index is 6.04. The zero-order valence-corrected chi connectivity index (χ0v) is 15.2. The molecule has 3 unspecified atom stereocenters. The Morgan fingerprint density at radius 1 is 1.41 bits per heavy atom. The normalized spacial score (nSPS) is 24.9. The predicted molar refractivity (Wildman–Crippen MR) is 92.4 cm³/mol. The first kappa shape index (κ1) is 19.2. The number of hydrogen-bond donors (Lipinski definition) is 2. The molecular formula is C17H35N3O2. The fraction of sp³-hybridized carbons (Fsp3) is 0.941. The van der Waals surface area contributed by atoms with E-state index in [2.05, 4.69) is 45.3 Å². The van der Waals surface area contributed by atoms with Crippen molar-refractivity contribution in [2.24, 2.45) is 16.3 Å². The molecule has 0 bridgehead atoms. The van der Waals surface area contributed by atoms with Gasteiger partial charge in [-0.1, -0.05) is 20.8 Å². The minimum absolute atomic E-state index is 0.162. The number of rotatable bonds is 6. The fourth-order valence-electron chi connectivity index (χ4n) is 3.04. The highest BCUT2D eigenvalue weighted by Gasteiger charge is 2.35. The van der Waals surface area contributed by atoms with Crippen molar-refractivity contribution < 1.29 is 9.47 Å². The Kier molecular flexibility index (Phi) is 8.18. The van der Waals surface area contributed by atoms with Gasteiger partial charge in [0.2, 0.25) is 0 Å². The molecule has 0 radical (unpaired) electrons. The van der Waals surface area contributed by atoms with Crippen LogP contribution in [0.3, 0.4) is 0 Å². The lowest BCUT2D eigenvalue weighted by Gasteiger charge is -2.39. The van der Waals surface area contributed by atoms with Gasteiger partial charge < -0.3 is 20.1 Å². The molecule has 1 aliphatic heterocycles. The van der Waals surface area contributed by atoms with Gasteiger partial charge in [0.1, 0.15) is 0 Å². The molecule has 3 atom stereocenters. The standard InChI is InChI=1S/C17H35N3O2/c1-7-18-16(20-13(2)12-21-6)19-11-14-9-8-10-22-15(14)17(3,4)5/h13-15H,7-12H2,1-6H3,(H2,18,19,20). The van der Waals surface area contributed by atoms with E-state index in [9.17, 15) is 0 Å². The van der Waals surface area contributed by atoms with Crippen LogP contribution in [0.2, 0.25) is 0 Å². The number of methoxy groups -OCH3 is 1. The molecule has 22 heavy (non-hydrogen) atoms. The van der Waals surface area contributed by atoms with Crippen molar-refractivity contribution in [2.45, 2.75) is 59.6 Å². The fourth-order valence-corrected chi connectivity index (χ4v) is 3.04. The van der Waals surface area contributed by atoms with Crippen LogP contribution in [0.5, 0.6) is 0 Å². The number of guanidine groups is 1. The van der Waals surface area contributed by atoms with Crippen molar-refractivity contribution in [2.75, 3.05) is 33.4 Å². The Balaban J connectivity index is 2.66. The number of aliphatic imine (C=N–C) groups is 1. The maximum atomic E-state index is 6.04. The lowest BCUT2D eigenvalue weighted by atomic mass is 9.78. The third-order valence-corrected chi connectivity index (χ3v) is 3.93. The SMILES string of the molecule is CCNC(=NCC1CCCOC1C(C)(C)C)NC(C)COC. The first-order valence-electron chi connectivity index (χ1n) is 8.53. The largest absolute Gasteiger partial charge is 0.383 e. The topological polar surface area (TPSA) is 54.9 Å². The van der Waals surface area contributed by atoms with Gasteiger partial charge in [-0.05, 0) is 32.1 Å². The summed E-state index contributed by atoms with van der Waals surface area (Å²) in [6, 6.07) is 0.240. The molecule has 1 aliphatic rings. The molecule has 0 aromatic carbocycles. The monoisotopic (exact) mass is 313 g/mol. The molecule has 0 aromatic heterocycles. The average Bonchev–Trinajstić information content (AvgIpc) is 2.44. The highest BCUT2D eigenvalue weighted by molar-refractivity contribution is 5.80. The van der Waals surface area contributed by atoms with E-state index in [4.69, 9.17) is 14.5 Å². The maximum Gasteiger partial charge on any atom is 0.191 e. The van der Waals surface area contributed by atoms with Crippen LogP contribution in [0.25, 0.3) is 0 Å². The van der Waals surface area contributed by atoms with E-state index in [-0.39, 0.29) is 17.6 Å². The van der Waals surface area contributed by atoms with E-state index in [0.29, 0.717) is 12.5 Å². The Morgan fingerprint density at radius 2 is 2.14 bits per heavy atom. The van der Waals surface area contributed by atoms with Crippen LogP contribution in [-0.4, -0.2) is 51.5 Å². The summed E-state index contributed by atoms with van der Waals surface area (Å²) in [4.78, 5) is 4.78. The van der Waals surface area contributed by atoms with E-state index in [1.54, 1.807) is 7.11 Å². The van der Waals surface area contributed by atoms with Crippen molar-refractivity contribution in [3.8, 4) is 0 Å². The quantitative estimate of drug-likeness (QED) is 0.584. The van der Waals surface area contributed by atoms with Crippen molar-refractivity contribution in [1.82, 2.24) is 10.6 Å². The number of nitrogens with zero attached hydrogens (tertiary/aromatic N) is 1. The van der Waals surface area contributed by atoms with Gasteiger partial charge in [0.15, 0.2) is 5.96 Å². The molecule has 0 aromatic rings. The molecule has 1 heterocycles. The predicted octanol–water partition coefficient (Wildman–Crippen LogP) is 2.42. The third-order valence-electron chi connectivity index (χ3n) is 3.93. The summed E-state index contributed by atoms with van der Waals surface area (Å²) in [6.07, 6.45) is 2.61. The second-order valence-electron chi connectivity index (χ2n) is 7.28. The first-order valence-corrected chi connectivity index (χ1v) is 8.53. The second kappa shape index (κ2) is 9.36. The first-order chi connectivity index (χ1) is 10.4. The van der Waals surface area contributed by atoms with Crippen molar-refractivity contribution in [1.29, 1.82) is 0 Å². The lowest BCUT2D eigenvalue weighted by Crippen LogP contribution is -2.45. The van der Waals surface area contributed by atoms with Gasteiger partial charge in [-0.2, -0.15) is 0 Å². The molecule has 5 heteroatoms. The van der Waals surface area contributed by atoms with Crippen LogP contribution in [0.4, 0.5) is 0 Å². The number of hydrogen-bond acceptors (Lipinski definition) is 3. The van der Waals surface area contributed by atoms with Crippen LogP contribution < -0.4 is 10.6 Å². The van der Waals surface area contributed by atoms with Crippen LogP contribution in [-0.2, 0) is 9.47 Å². The van der Waals surface area contributed by atoms with Crippen LogP contribution in [0.15, 0.2) is 4.99 Å².